The fourth-order valence-electron chi connectivity index (χ4n) is 3.39. The molecule has 0 amide bonds. The number of ether oxygens (including phenoxy) is 1. The molecule has 0 fully saturated rings. The summed E-state index contributed by atoms with van der Waals surface area (Å²) in [6.45, 7) is 0.945. The standard InChI is InChI=1S/C23H21ClF3N7O3S/c1-2-37-19-6-3-14(11-29-19)17-4-5-18-20(32-17)21(31-12-23(25,26)27)34-22(33-18)30-10-13-7-15(24)9-16(8-13)38(28,35)36/h3-9,11H,2,10,12H2,1H3,(H2,28,35,36)(H2,30,31,33,34). The van der Waals surface area contributed by atoms with E-state index in [4.69, 9.17) is 21.5 Å². The van der Waals surface area contributed by atoms with Crippen LogP contribution in [0.5, 0.6) is 5.88 Å². The van der Waals surface area contributed by atoms with Gasteiger partial charge in [0.2, 0.25) is 21.9 Å². The number of pyridine rings is 2. The van der Waals surface area contributed by atoms with Gasteiger partial charge in [0.05, 0.1) is 22.7 Å². The minimum absolute atomic E-state index is 0.0106. The normalized spacial score (nSPS) is 11.9. The second kappa shape index (κ2) is 10.9. The van der Waals surface area contributed by atoms with Crippen molar-refractivity contribution < 1.29 is 26.3 Å². The van der Waals surface area contributed by atoms with Crippen molar-refractivity contribution in [2.45, 2.75) is 24.5 Å². The fourth-order valence-corrected chi connectivity index (χ4v) is 4.32. The number of hydrogen-bond donors (Lipinski definition) is 3. The van der Waals surface area contributed by atoms with Crippen molar-refractivity contribution in [1.29, 1.82) is 0 Å². The number of benzene rings is 1. The van der Waals surface area contributed by atoms with E-state index in [9.17, 15) is 21.6 Å². The molecule has 0 saturated carbocycles. The molecule has 0 aliphatic rings. The van der Waals surface area contributed by atoms with Gasteiger partial charge in [-0.05, 0) is 48.9 Å². The van der Waals surface area contributed by atoms with E-state index in [1.54, 1.807) is 30.5 Å². The van der Waals surface area contributed by atoms with Crippen LogP contribution < -0.4 is 20.5 Å². The van der Waals surface area contributed by atoms with Gasteiger partial charge in [0.25, 0.3) is 0 Å². The van der Waals surface area contributed by atoms with Gasteiger partial charge in [-0.1, -0.05) is 11.6 Å². The van der Waals surface area contributed by atoms with Gasteiger partial charge in [-0.3, -0.25) is 0 Å². The molecule has 0 bridgehead atoms. The third-order valence-electron chi connectivity index (χ3n) is 5.03. The number of hydrogen-bond acceptors (Lipinski definition) is 9. The average Bonchev–Trinajstić information content (AvgIpc) is 2.85. The number of nitrogens with two attached hydrogens (primary N) is 1. The van der Waals surface area contributed by atoms with Gasteiger partial charge in [0, 0.05) is 29.4 Å². The third kappa shape index (κ3) is 6.96. The highest BCUT2D eigenvalue weighted by Crippen LogP contribution is 2.27. The summed E-state index contributed by atoms with van der Waals surface area (Å²) in [7, 11) is -4.00. The van der Waals surface area contributed by atoms with Crippen LogP contribution in [0.4, 0.5) is 24.9 Å². The Labute approximate surface area is 220 Å². The second-order valence-corrected chi connectivity index (χ2v) is 9.94. The zero-order chi connectivity index (χ0) is 27.5. The van der Waals surface area contributed by atoms with Crippen LogP contribution >= 0.6 is 11.6 Å². The molecule has 0 unspecified atom stereocenters. The predicted molar refractivity (Wildman–Crippen MR) is 136 cm³/mol. The summed E-state index contributed by atoms with van der Waals surface area (Å²) >= 11 is 6.00. The van der Waals surface area contributed by atoms with Crippen molar-refractivity contribution in [2.75, 3.05) is 23.8 Å². The van der Waals surface area contributed by atoms with Crippen molar-refractivity contribution in [3.63, 3.8) is 0 Å². The summed E-state index contributed by atoms with van der Waals surface area (Å²) < 4.78 is 67.7. The molecule has 4 aromatic rings. The highest BCUT2D eigenvalue weighted by molar-refractivity contribution is 7.89. The molecule has 15 heteroatoms. The second-order valence-electron chi connectivity index (χ2n) is 7.94. The number of nitrogens with one attached hydrogen (secondary N) is 2. The average molecular weight is 568 g/mol. The summed E-state index contributed by atoms with van der Waals surface area (Å²) in [6, 6.07) is 10.7. The largest absolute Gasteiger partial charge is 0.478 e. The topological polar surface area (TPSA) is 145 Å². The number of sulfonamides is 1. The quantitative estimate of drug-likeness (QED) is 0.268. The molecule has 0 spiro atoms. The minimum atomic E-state index is -4.51. The Hall–Kier alpha value is -3.75. The Morgan fingerprint density at radius 1 is 1.05 bits per heavy atom. The highest BCUT2D eigenvalue weighted by Gasteiger charge is 2.27. The predicted octanol–water partition coefficient (Wildman–Crippen LogP) is 4.37. The van der Waals surface area contributed by atoms with Crippen molar-refractivity contribution in [3.8, 4) is 17.1 Å². The summed E-state index contributed by atoms with van der Waals surface area (Å²) in [4.78, 5) is 17.0. The van der Waals surface area contributed by atoms with E-state index in [0.717, 1.165) is 0 Å². The van der Waals surface area contributed by atoms with E-state index >= 15 is 0 Å². The van der Waals surface area contributed by atoms with Crippen molar-refractivity contribution in [1.82, 2.24) is 19.9 Å². The lowest BCUT2D eigenvalue weighted by Crippen LogP contribution is -2.22. The minimum Gasteiger partial charge on any atom is -0.478 e. The first-order valence-electron chi connectivity index (χ1n) is 11.1. The van der Waals surface area contributed by atoms with Crippen LogP contribution in [-0.2, 0) is 16.6 Å². The molecule has 3 heterocycles. The van der Waals surface area contributed by atoms with Crippen LogP contribution in [0.15, 0.2) is 53.6 Å². The third-order valence-corrected chi connectivity index (χ3v) is 6.14. The number of alkyl halides is 3. The summed E-state index contributed by atoms with van der Waals surface area (Å²) in [5.74, 6) is 0.267. The Balaban J connectivity index is 1.67. The Kier molecular flexibility index (Phi) is 7.85. The maximum atomic E-state index is 13.0. The lowest BCUT2D eigenvalue weighted by Gasteiger charge is -2.14. The van der Waals surface area contributed by atoms with Crippen LogP contribution in [0.3, 0.4) is 0 Å². The van der Waals surface area contributed by atoms with Crippen molar-refractivity contribution in [2.24, 2.45) is 5.14 Å². The fraction of sp³-hybridized carbons (Fsp3) is 0.217. The van der Waals surface area contributed by atoms with Crippen molar-refractivity contribution in [3.05, 3.63) is 59.2 Å². The Morgan fingerprint density at radius 2 is 1.84 bits per heavy atom. The molecule has 3 aromatic heterocycles. The highest BCUT2D eigenvalue weighted by atomic mass is 35.5. The van der Waals surface area contributed by atoms with Gasteiger partial charge >= 0.3 is 6.18 Å². The van der Waals surface area contributed by atoms with E-state index in [-0.39, 0.29) is 39.3 Å². The zero-order valence-corrected chi connectivity index (χ0v) is 21.3. The first-order chi connectivity index (χ1) is 17.9. The van der Waals surface area contributed by atoms with E-state index in [1.165, 1.54) is 18.2 Å². The first-order valence-corrected chi connectivity index (χ1v) is 13.0. The Morgan fingerprint density at radius 3 is 2.50 bits per heavy atom. The van der Waals surface area contributed by atoms with Crippen LogP contribution in [-0.4, -0.2) is 47.7 Å². The molecule has 10 nitrogen and oxygen atoms in total. The number of rotatable bonds is 9. The summed E-state index contributed by atoms with van der Waals surface area (Å²) in [5, 5.41) is 10.5. The summed E-state index contributed by atoms with van der Waals surface area (Å²) in [5.41, 5.74) is 1.89. The van der Waals surface area contributed by atoms with Gasteiger partial charge in [0.1, 0.15) is 12.1 Å². The molecule has 1 aromatic carbocycles. The van der Waals surface area contributed by atoms with E-state index < -0.39 is 22.7 Å². The van der Waals surface area contributed by atoms with Crippen LogP contribution in [0.2, 0.25) is 5.02 Å². The SMILES string of the molecule is CCOc1ccc(-c2ccc3nc(NCc4cc(Cl)cc(S(N)(=O)=O)c4)nc(NCC(F)(F)F)c3n2)cn1. The smallest absolute Gasteiger partial charge is 0.405 e. The lowest BCUT2D eigenvalue weighted by molar-refractivity contribution is -0.115. The maximum Gasteiger partial charge on any atom is 0.405 e. The molecule has 0 atom stereocenters. The number of nitrogens with zero attached hydrogens (tertiary/aromatic N) is 4. The van der Waals surface area contributed by atoms with Gasteiger partial charge in [0.15, 0.2) is 5.82 Å². The molecule has 38 heavy (non-hydrogen) atoms. The molecular weight excluding hydrogens is 547 g/mol. The van der Waals surface area contributed by atoms with Gasteiger partial charge in [-0.15, -0.1) is 0 Å². The summed E-state index contributed by atoms with van der Waals surface area (Å²) in [6.07, 6.45) is -2.97. The molecular formula is C23H21ClF3N7O3S. The van der Waals surface area contributed by atoms with E-state index in [0.29, 0.717) is 29.3 Å². The van der Waals surface area contributed by atoms with Crippen LogP contribution in [0.1, 0.15) is 12.5 Å². The van der Waals surface area contributed by atoms with Crippen LogP contribution in [0, 0.1) is 0 Å². The maximum absolute atomic E-state index is 13.0. The number of fused-ring (bicyclic) bond motifs is 1. The number of aromatic nitrogens is 4. The molecule has 4 rings (SSSR count). The molecule has 0 aliphatic heterocycles. The number of primary sulfonamides is 1. The number of anilines is 2. The van der Waals surface area contributed by atoms with Gasteiger partial charge < -0.3 is 15.4 Å². The van der Waals surface area contributed by atoms with Gasteiger partial charge in [-0.2, -0.15) is 18.2 Å². The lowest BCUT2D eigenvalue weighted by atomic mass is 10.2. The van der Waals surface area contributed by atoms with Crippen molar-refractivity contribution >= 4 is 44.4 Å². The molecule has 0 aliphatic carbocycles. The molecule has 4 N–H and O–H groups in total. The van der Waals surface area contributed by atoms with E-state index in [1.807, 2.05) is 6.92 Å². The first kappa shape index (κ1) is 27.3. The van der Waals surface area contributed by atoms with E-state index in [2.05, 4.69) is 30.6 Å². The zero-order valence-electron chi connectivity index (χ0n) is 19.8. The number of halogens is 4. The monoisotopic (exact) mass is 567 g/mol. The van der Waals surface area contributed by atoms with Crippen LogP contribution in [0.25, 0.3) is 22.3 Å². The molecule has 0 radical (unpaired) electrons. The van der Waals surface area contributed by atoms with Gasteiger partial charge in [-0.25, -0.2) is 28.5 Å². The molecule has 200 valence electrons. The Bertz CT molecular complexity index is 1570. The molecule has 0 saturated heterocycles.